The minimum atomic E-state index is -4.83. The van der Waals surface area contributed by atoms with Crippen LogP contribution >= 0.6 is 11.3 Å². The van der Waals surface area contributed by atoms with Crippen LogP contribution in [0.4, 0.5) is 27.5 Å². The highest BCUT2D eigenvalue weighted by Crippen LogP contribution is 2.34. The largest absolute Gasteiger partial charge is 0.419 e. The molecule has 2 N–H and O–H groups in total. The Morgan fingerprint density at radius 2 is 2.04 bits per heavy atom. The fourth-order valence-electron chi connectivity index (χ4n) is 2.80. The topological polar surface area (TPSA) is 76.1 Å². The molecule has 1 unspecified atom stereocenters. The maximum atomic E-state index is 13.5. The quantitative estimate of drug-likeness (QED) is 0.712. The number of amides is 2. The van der Waals surface area contributed by atoms with Crippen LogP contribution < -0.4 is 10.6 Å². The van der Waals surface area contributed by atoms with E-state index < -0.39 is 29.1 Å². The molecule has 6 nitrogen and oxygen atoms in total. The lowest BCUT2D eigenvalue weighted by Gasteiger charge is -2.27. The van der Waals surface area contributed by atoms with Gasteiger partial charge in [-0.3, -0.25) is 5.32 Å². The highest BCUT2D eigenvalue weighted by atomic mass is 32.1. The lowest BCUT2D eigenvalue weighted by atomic mass is 9.92. The van der Waals surface area contributed by atoms with Gasteiger partial charge in [-0.25, -0.2) is 9.18 Å². The molecule has 0 spiro atoms. The van der Waals surface area contributed by atoms with Crippen molar-refractivity contribution in [1.29, 1.82) is 0 Å². The Kier molecular flexibility index (Phi) is 5.57. The van der Waals surface area contributed by atoms with Gasteiger partial charge in [0, 0.05) is 6.61 Å². The summed E-state index contributed by atoms with van der Waals surface area (Å²) >= 11 is 1.17. The molecule has 0 radical (unpaired) electrons. The zero-order valence-corrected chi connectivity index (χ0v) is 15.9. The molecular formula is C17H18F4N4O2S. The van der Waals surface area contributed by atoms with E-state index in [-0.39, 0.29) is 16.8 Å². The summed E-state index contributed by atoms with van der Waals surface area (Å²) in [6.07, 6.45) is -3.20. The molecule has 2 amide bonds. The standard InChI is InChI=1S/C17H18F4N4O2S/c1-16(2,9-5-6-11(18)10(8-9)17(19,20)21)23-14(26)22-15-25-24-13(28-15)12-4-3-7-27-12/h5-6,8,12H,3-4,7H2,1-2H3,(H2,22,23,25,26). The van der Waals surface area contributed by atoms with Crippen molar-refractivity contribution in [2.24, 2.45) is 0 Å². The second-order valence-electron chi connectivity index (χ2n) is 6.84. The van der Waals surface area contributed by atoms with Gasteiger partial charge in [-0.15, -0.1) is 10.2 Å². The molecule has 0 bridgehead atoms. The number of benzene rings is 1. The van der Waals surface area contributed by atoms with Crippen molar-refractivity contribution in [3.8, 4) is 0 Å². The van der Waals surface area contributed by atoms with E-state index in [4.69, 9.17) is 4.74 Å². The summed E-state index contributed by atoms with van der Waals surface area (Å²) in [5, 5.41) is 13.8. The fourth-order valence-corrected chi connectivity index (χ4v) is 3.63. The van der Waals surface area contributed by atoms with Gasteiger partial charge in [0.1, 0.15) is 16.9 Å². The number of nitrogens with zero attached hydrogens (tertiary/aromatic N) is 2. The Hall–Kier alpha value is -2.27. The van der Waals surface area contributed by atoms with Gasteiger partial charge in [-0.05, 0) is 44.4 Å². The van der Waals surface area contributed by atoms with Gasteiger partial charge in [0.15, 0.2) is 0 Å². The molecule has 0 saturated carbocycles. The van der Waals surface area contributed by atoms with Crippen molar-refractivity contribution in [3.63, 3.8) is 0 Å². The predicted octanol–water partition coefficient (Wildman–Crippen LogP) is 4.60. The number of hydrogen-bond donors (Lipinski definition) is 2. The summed E-state index contributed by atoms with van der Waals surface area (Å²) in [7, 11) is 0. The number of hydrogen-bond acceptors (Lipinski definition) is 5. The first-order valence-corrected chi connectivity index (χ1v) is 9.29. The third kappa shape index (κ3) is 4.58. The minimum absolute atomic E-state index is 0.105. The third-order valence-electron chi connectivity index (χ3n) is 4.29. The molecular weight excluding hydrogens is 400 g/mol. The molecule has 2 heterocycles. The number of halogens is 4. The van der Waals surface area contributed by atoms with E-state index in [9.17, 15) is 22.4 Å². The number of ether oxygens (including phenoxy) is 1. The SMILES string of the molecule is CC(C)(NC(=O)Nc1nnc(C2CCCO2)s1)c1ccc(F)c(C(F)(F)F)c1. The van der Waals surface area contributed by atoms with E-state index in [0.717, 1.165) is 18.9 Å². The number of alkyl halides is 3. The zero-order valence-electron chi connectivity index (χ0n) is 15.1. The van der Waals surface area contributed by atoms with E-state index in [2.05, 4.69) is 20.8 Å². The molecule has 28 heavy (non-hydrogen) atoms. The first kappa shape index (κ1) is 20.5. The van der Waals surface area contributed by atoms with Crippen LogP contribution in [0.1, 0.15) is 48.9 Å². The van der Waals surface area contributed by atoms with Crippen LogP contribution in [0.3, 0.4) is 0 Å². The normalized spacial score (nSPS) is 17.6. The molecule has 2 aromatic rings. The monoisotopic (exact) mass is 418 g/mol. The van der Waals surface area contributed by atoms with Crippen molar-refractivity contribution in [2.45, 2.75) is 44.5 Å². The van der Waals surface area contributed by atoms with E-state index >= 15 is 0 Å². The average Bonchev–Trinajstić information content (AvgIpc) is 3.24. The molecule has 1 aliphatic heterocycles. The van der Waals surface area contributed by atoms with Gasteiger partial charge in [0.25, 0.3) is 0 Å². The molecule has 1 fully saturated rings. The maximum Gasteiger partial charge on any atom is 0.419 e. The summed E-state index contributed by atoms with van der Waals surface area (Å²) in [4.78, 5) is 12.3. The van der Waals surface area contributed by atoms with Crippen LogP contribution in [0.25, 0.3) is 0 Å². The summed E-state index contributed by atoms with van der Waals surface area (Å²) in [5.41, 5.74) is -2.47. The van der Waals surface area contributed by atoms with Crippen LogP contribution in [0.15, 0.2) is 18.2 Å². The molecule has 152 valence electrons. The predicted molar refractivity (Wildman–Crippen MR) is 94.4 cm³/mol. The van der Waals surface area contributed by atoms with Gasteiger partial charge in [0.2, 0.25) is 5.13 Å². The lowest BCUT2D eigenvalue weighted by Crippen LogP contribution is -2.43. The van der Waals surface area contributed by atoms with Crippen molar-refractivity contribution in [3.05, 3.63) is 40.2 Å². The van der Waals surface area contributed by atoms with E-state index in [0.29, 0.717) is 17.7 Å². The number of nitrogens with one attached hydrogen (secondary N) is 2. The van der Waals surface area contributed by atoms with Gasteiger partial charge in [-0.2, -0.15) is 13.2 Å². The van der Waals surface area contributed by atoms with Crippen LogP contribution in [0, 0.1) is 5.82 Å². The first-order chi connectivity index (χ1) is 13.1. The Morgan fingerprint density at radius 1 is 1.29 bits per heavy atom. The summed E-state index contributed by atoms with van der Waals surface area (Å²) in [6.45, 7) is 3.68. The van der Waals surface area contributed by atoms with E-state index in [1.807, 2.05) is 0 Å². The van der Waals surface area contributed by atoms with Crippen LogP contribution in [0.2, 0.25) is 0 Å². The summed E-state index contributed by atoms with van der Waals surface area (Å²) in [6, 6.07) is 1.96. The number of carbonyl (C=O) groups excluding carboxylic acids is 1. The Balaban J connectivity index is 1.69. The van der Waals surface area contributed by atoms with E-state index in [1.165, 1.54) is 31.3 Å². The number of rotatable bonds is 4. The van der Waals surface area contributed by atoms with E-state index in [1.54, 1.807) is 0 Å². The smallest absolute Gasteiger partial charge is 0.371 e. The Morgan fingerprint density at radius 3 is 2.68 bits per heavy atom. The van der Waals surface area contributed by atoms with Crippen molar-refractivity contribution < 1.29 is 27.1 Å². The second-order valence-corrected chi connectivity index (χ2v) is 7.85. The van der Waals surface area contributed by atoms with Crippen LogP contribution in [-0.4, -0.2) is 22.8 Å². The molecule has 1 atom stereocenters. The highest BCUT2D eigenvalue weighted by molar-refractivity contribution is 7.15. The minimum Gasteiger partial charge on any atom is -0.371 e. The third-order valence-corrected chi connectivity index (χ3v) is 5.22. The first-order valence-electron chi connectivity index (χ1n) is 8.47. The van der Waals surface area contributed by atoms with Crippen molar-refractivity contribution in [1.82, 2.24) is 15.5 Å². The van der Waals surface area contributed by atoms with Crippen molar-refractivity contribution >= 4 is 22.5 Å². The van der Waals surface area contributed by atoms with Gasteiger partial charge >= 0.3 is 12.2 Å². The molecule has 3 rings (SSSR count). The average molecular weight is 418 g/mol. The van der Waals surface area contributed by atoms with Gasteiger partial charge in [-0.1, -0.05) is 17.4 Å². The molecule has 1 saturated heterocycles. The Bertz CT molecular complexity index is 863. The molecule has 1 aliphatic rings. The molecule has 11 heteroatoms. The summed E-state index contributed by atoms with van der Waals surface area (Å²) in [5.74, 6) is -1.37. The fraction of sp³-hybridized carbons (Fsp3) is 0.471. The van der Waals surface area contributed by atoms with Crippen molar-refractivity contribution in [2.75, 3.05) is 11.9 Å². The molecule has 1 aromatic heterocycles. The number of aromatic nitrogens is 2. The van der Waals surface area contributed by atoms with Crippen LogP contribution in [0.5, 0.6) is 0 Å². The van der Waals surface area contributed by atoms with Crippen LogP contribution in [-0.2, 0) is 16.5 Å². The zero-order chi connectivity index (χ0) is 20.5. The summed E-state index contributed by atoms with van der Waals surface area (Å²) < 4.78 is 57.8. The molecule has 0 aliphatic carbocycles. The lowest BCUT2D eigenvalue weighted by molar-refractivity contribution is -0.140. The number of anilines is 1. The van der Waals surface area contributed by atoms with Gasteiger partial charge < -0.3 is 10.1 Å². The highest BCUT2D eigenvalue weighted by Gasteiger charge is 2.36. The second kappa shape index (κ2) is 7.63. The maximum absolute atomic E-state index is 13.5. The van der Waals surface area contributed by atoms with Gasteiger partial charge in [0.05, 0.1) is 11.1 Å². The number of carbonyl (C=O) groups is 1. The number of urea groups is 1. The Labute approximate surface area is 162 Å². The molecule has 1 aromatic carbocycles.